The van der Waals surface area contributed by atoms with Crippen LogP contribution in [0, 0.1) is 12.7 Å². The quantitative estimate of drug-likeness (QED) is 0.529. The van der Waals surface area contributed by atoms with Gasteiger partial charge in [0, 0.05) is 10.6 Å². The summed E-state index contributed by atoms with van der Waals surface area (Å²) in [7, 11) is 0. The molecule has 2 heterocycles. The number of ketones is 1. The Hall–Kier alpha value is -1.75. The second kappa shape index (κ2) is 7.15. The average molecular weight is 431 g/mol. The first-order chi connectivity index (χ1) is 14.0. The summed E-state index contributed by atoms with van der Waals surface area (Å²) in [6.45, 7) is 10.0. The zero-order valence-corrected chi connectivity index (χ0v) is 18.9. The van der Waals surface area contributed by atoms with Crippen LogP contribution < -0.4 is 0 Å². The first-order valence-corrected chi connectivity index (χ1v) is 10.8. The van der Waals surface area contributed by atoms with Crippen LogP contribution in [0.4, 0.5) is 4.39 Å². The van der Waals surface area contributed by atoms with Crippen LogP contribution in [-0.4, -0.2) is 29.2 Å². The van der Waals surface area contributed by atoms with Crippen LogP contribution in [0.1, 0.15) is 57.6 Å². The molecule has 2 saturated heterocycles. The molecule has 1 spiro atoms. The van der Waals surface area contributed by atoms with Crippen LogP contribution in [-0.2, 0) is 14.3 Å². The van der Waals surface area contributed by atoms with Gasteiger partial charge in [-0.2, -0.15) is 0 Å². The van der Waals surface area contributed by atoms with Gasteiger partial charge >= 0.3 is 0 Å². The molecule has 2 aliphatic heterocycles. The summed E-state index contributed by atoms with van der Waals surface area (Å²) in [6, 6.07) is 11.0. The number of Topliss-reactive ketones (excluding diaryl/α,β-unsaturated/α-hetero) is 1. The molecule has 0 amide bonds. The number of halogens is 2. The molecule has 2 aromatic rings. The highest BCUT2D eigenvalue weighted by Crippen LogP contribution is 2.51. The summed E-state index contributed by atoms with van der Waals surface area (Å²) in [5.41, 5.74) is 2.43. The molecule has 2 aromatic carbocycles. The Morgan fingerprint density at radius 3 is 2.17 bits per heavy atom. The van der Waals surface area contributed by atoms with Gasteiger partial charge in [-0.3, -0.25) is 4.79 Å². The van der Waals surface area contributed by atoms with Crippen LogP contribution in [0.2, 0.25) is 5.02 Å². The molecule has 3 aliphatic rings. The van der Waals surface area contributed by atoms with E-state index in [1.165, 1.54) is 30.0 Å². The van der Waals surface area contributed by atoms with E-state index >= 15 is 0 Å². The third-order valence-electron chi connectivity index (χ3n) is 6.36. The van der Waals surface area contributed by atoms with Gasteiger partial charge in [0.15, 0.2) is 5.60 Å². The Morgan fingerprint density at radius 1 is 1.07 bits per heavy atom. The first-order valence-electron chi connectivity index (χ1n) is 10.4. The van der Waals surface area contributed by atoms with Crippen molar-refractivity contribution in [1.29, 1.82) is 0 Å². The number of rotatable bonds is 2. The zero-order chi connectivity index (χ0) is 21.9. The lowest BCUT2D eigenvalue weighted by Gasteiger charge is -2.23. The van der Waals surface area contributed by atoms with Crippen LogP contribution in [0.25, 0.3) is 11.1 Å². The summed E-state index contributed by atoms with van der Waals surface area (Å²) in [6.07, 6.45) is 2.57. The fraction of sp³-hybridized carbons (Fsp3) is 0.480. The molecule has 3 nitrogen and oxygen atoms in total. The Labute approximate surface area is 182 Å². The van der Waals surface area contributed by atoms with Crippen molar-refractivity contribution in [2.24, 2.45) is 0 Å². The van der Waals surface area contributed by atoms with Crippen molar-refractivity contribution in [1.82, 2.24) is 0 Å². The molecule has 0 radical (unpaired) electrons. The maximum Gasteiger partial charge on any atom is 0.201 e. The van der Waals surface area contributed by atoms with E-state index < -0.39 is 16.8 Å². The largest absolute Gasteiger partial charge is 0.358 e. The molecule has 1 unspecified atom stereocenters. The van der Waals surface area contributed by atoms with Gasteiger partial charge in [0.2, 0.25) is 5.78 Å². The van der Waals surface area contributed by atoms with Crippen LogP contribution in [0.5, 0.6) is 0 Å². The first kappa shape index (κ1) is 21.5. The Kier molecular flexibility index (Phi) is 5.12. The smallest absolute Gasteiger partial charge is 0.201 e. The number of ether oxygens (including phenoxy) is 2. The Bertz CT molecular complexity index is 1000. The standard InChI is InChI=1S/C16H14ClF.C9H14O3/c1-10-8-12(4-6-14(10)11-2-3-11)15-7-5-13(17)9-16(15)18;1-7(2)6(10)9(5-11-9)8(3,4)12-7/h4-9,11H,2-3H2,1H3;5H2,1-4H3. The minimum Gasteiger partial charge on any atom is -0.358 e. The minimum absolute atomic E-state index is 0.0833. The molecule has 0 N–H and O–H groups in total. The van der Waals surface area contributed by atoms with Gasteiger partial charge in [-0.05, 0) is 88.3 Å². The van der Waals surface area contributed by atoms with Crippen molar-refractivity contribution >= 4 is 17.4 Å². The molecule has 3 fully saturated rings. The molecule has 160 valence electrons. The van der Waals surface area contributed by atoms with Crippen molar-refractivity contribution in [3.05, 3.63) is 58.4 Å². The van der Waals surface area contributed by atoms with E-state index in [0.29, 0.717) is 17.2 Å². The van der Waals surface area contributed by atoms with Gasteiger partial charge < -0.3 is 9.47 Å². The number of carbonyl (C=O) groups is 1. The number of aryl methyl sites for hydroxylation is 1. The van der Waals surface area contributed by atoms with Crippen molar-refractivity contribution in [3.63, 3.8) is 0 Å². The lowest BCUT2D eigenvalue weighted by atomic mass is 9.86. The van der Waals surface area contributed by atoms with Crippen LogP contribution >= 0.6 is 11.6 Å². The molecule has 0 bridgehead atoms. The zero-order valence-electron chi connectivity index (χ0n) is 18.1. The lowest BCUT2D eigenvalue weighted by Crippen LogP contribution is -2.40. The maximum absolute atomic E-state index is 13.9. The summed E-state index contributed by atoms with van der Waals surface area (Å²) in [5.74, 6) is 0.551. The molecular formula is C25H28ClFO3. The Morgan fingerprint density at radius 2 is 1.73 bits per heavy atom. The predicted molar refractivity (Wildman–Crippen MR) is 116 cm³/mol. The minimum atomic E-state index is -0.681. The highest BCUT2D eigenvalue weighted by atomic mass is 35.5. The Balaban J connectivity index is 0.000000158. The SMILES string of the molecule is CC1(C)OC(C)(C)C2(CO2)C1=O.Cc1cc(-c2ccc(Cl)cc2F)ccc1C1CC1. The van der Waals surface area contributed by atoms with Gasteiger partial charge in [-0.1, -0.05) is 29.8 Å². The summed E-state index contributed by atoms with van der Waals surface area (Å²) in [5, 5.41) is 0.433. The van der Waals surface area contributed by atoms with E-state index in [1.807, 2.05) is 19.9 Å². The van der Waals surface area contributed by atoms with Crippen LogP contribution in [0.3, 0.4) is 0 Å². The normalized spacial score (nSPS) is 25.8. The van der Waals surface area contributed by atoms with E-state index in [1.54, 1.807) is 26.0 Å². The van der Waals surface area contributed by atoms with E-state index in [2.05, 4.69) is 19.1 Å². The fourth-order valence-corrected chi connectivity index (χ4v) is 4.66. The molecule has 5 rings (SSSR count). The van der Waals surface area contributed by atoms with Gasteiger partial charge in [0.1, 0.15) is 17.0 Å². The molecule has 1 atom stereocenters. The summed E-state index contributed by atoms with van der Waals surface area (Å²) in [4.78, 5) is 11.8. The van der Waals surface area contributed by atoms with E-state index in [-0.39, 0.29) is 11.6 Å². The maximum atomic E-state index is 13.9. The molecule has 5 heteroatoms. The second-order valence-electron chi connectivity index (χ2n) is 9.54. The highest BCUT2D eigenvalue weighted by Gasteiger charge is 2.72. The number of hydrogen-bond acceptors (Lipinski definition) is 3. The lowest BCUT2D eigenvalue weighted by molar-refractivity contribution is -0.132. The number of carbonyl (C=O) groups excluding carboxylic acids is 1. The van der Waals surface area contributed by atoms with Crippen LogP contribution in [0.15, 0.2) is 36.4 Å². The predicted octanol–water partition coefficient (Wildman–Crippen LogP) is 6.24. The molecule has 30 heavy (non-hydrogen) atoms. The fourth-order valence-electron chi connectivity index (χ4n) is 4.50. The van der Waals surface area contributed by atoms with E-state index in [9.17, 15) is 9.18 Å². The van der Waals surface area contributed by atoms with Crippen molar-refractivity contribution in [2.75, 3.05) is 6.61 Å². The monoisotopic (exact) mass is 430 g/mol. The molecule has 1 saturated carbocycles. The van der Waals surface area contributed by atoms with Gasteiger partial charge in [-0.25, -0.2) is 4.39 Å². The highest BCUT2D eigenvalue weighted by molar-refractivity contribution is 6.30. The number of benzene rings is 2. The van der Waals surface area contributed by atoms with Crippen molar-refractivity contribution in [3.8, 4) is 11.1 Å². The van der Waals surface area contributed by atoms with E-state index in [0.717, 1.165) is 11.5 Å². The number of hydrogen-bond donors (Lipinski definition) is 0. The summed E-state index contributed by atoms with van der Waals surface area (Å²) >= 11 is 5.77. The third kappa shape index (κ3) is 3.70. The molecule has 1 aliphatic carbocycles. The van der Waals surface area contributed by atoms with Crippen molar-refractivity contribution < 1.29 is 18.7 Å². The third-order valence-corrected chi connectivity index (χ3v) is 6.59. The second-order valence-corrected chi connectivity index (χ2v) is 9.97. The van der Waals surface area contributed by atoms with E-state index in [4.69, 9.17) is 21.1 Å². The average Bonchev–Trinajstić information content (AvgIpc) is 3.53. The number of epoxide rings is 1. The van der Waals surface area contributed by atoms with Gasteiger partial charge in [0.05, 0.1) is 6.61 Å². The summed E-state index contributed by atoms with van der Waals surface area (Å²) < 4.78 is 24.8. The topological polar surface area (TPSA) is 38.8 Å². The molecule has 0 aromatic heterocycles. The van der Waals surface area contributed by atoms with Gasteiger partial charge in [0.25, 0.3) is 0 Å². The molecular weight excluding hydrogens is 403 g/mol. The van der Waals surface area contributed by atoms with Crippen molar-refractivity contribution in [2.45, 2.75) is 70.2 Å². The van der Waals surface area contributed by atoms with Gasteiger partial charge in [-0.15, -0.1) is 0 Å².